The monoisotopic (exact) mass is 793 g/mol. The summed E-state index contributed by atoms with van der Waals surface area (Å²) in [6, 6.07) is 4.05. The van der Waals surface area contributed by atoms with Gasteiger partial charge in [-0.1, -0.05) is 50.8 Å². The highest BCUT2D eigenvalue weighted by atomic mass is 16.5. The van der Waals surface area contributed by atoms with Crippen LogP contribution in [0.5, 0.6) is 0 Å². The first kappa shape index (κ1) is 49.7. The Bertz CT molecular complexity index is 1530. The number of aliphatic hydroxyl groups is 1. The van der Waals surface area contributed by atoms with Crippen LogP contribution >= 0.6 is 0 Å². The molecule has 0 bridgehead atoms. The van der Waals surface area contributed by atoms with E-state index in [0.717, 1.165) is 13.0 Å². The van der Waals surface area contributed by atoms with Gasteiger partial charge in [0, 0.05) is 24.6 Å². The van der Waals surface area contributed by atoms with Crippen LogP contribution in [0.15, 0.2) is 55.1 Å². The number of carboxylic acids is 2. The fourth-order valence-corrected chi connectivity index (χ4v) is 4.21. The number of aliphatic carboxylic acids is 2. The molecule has 1 aromatic rings. The first-order valence-corrected chi connectivity index (χ1v) is 17.3. The molecule has 0 aliphatic heterocycles. The predicted octanol–water partition coefficient (Wildman–Crippen LogP) is 0.342. The molecule has 56 heavy (non-hydrogen) atoms. The lowest BCUT2D eigenvalue weighted by Gasteiger charge is -2.28. The van der Waals surface area contributed by atoms with E-state index in [1.165, 1.54) is 6.92 Å². The van der Waals surface area contributed by atoms with Gasteiger partial charge >= 0.3 is 30.0 Å². The van der Waals surface area contributed by atoms with Gasteiger partial charge in [0.1, 0.15) is 31.3 Å². The van der Waals surface area contributed by atoms with Gasteiger partial charge in [-0.25, -0.2) is 19.4 Å². The van der Waals surface area contributed by atoms with Crippen LogP contribution in [0.2, 0.25) is 0 Å². The summed E-state index contributed by atoms with van der Waals surface area (Å²) in [7, 11) is 0. The summed E-state index contributed by atoms with van der Waals surface area (Å²) >= 11 is 0. The van der Waals surface area contributed by atoms with Crippen molar-refractivity contribution in [1.29, 1.82) is 0 Å². The maximum absolute atomic E-state index is 13.3. The smallest absolute Gasteiger partial charge is 0.408 e. The molecule has 20 heteroatoms. The molecule has 20 nitrogen and oxygen atoms in total. The SMILES string of the molecule is C=CC(=O)OCC.CCOC(=O)/C=C\C(=O)N(CC(=O)O)NC(=O)C(NC(=O)C(CCC(=O)O)NC(=O)C(CC(C)C)NC(=O)OCc1ccccc1)C(C)O. The van der Waals surface area contributed by atoms with E-state index in [1.807, 2.05) is 5.43 Å². The maximum Gasteiger partial charge on any atom is 0.408 e. The molecular formula is C36H51N5O15. The molecule has 0 aliphatic rings. The Labute approximate surface area is 323 Å². The third-order valence-corrected chi connectivity index (χ3v) is 6.78. The molecule has 4 unspecified atom stereocenters. The number of aliphatic hydroxyl groups excluding tert-OH is 1. The summed E-state index contributed by atoms with van der Waals surface area (Å²) in [6.45, 7) is 10.3. The fourth-order valence-electron chi connectivity index (χ4n) is 4.21. The molecule has 5 amide bonds. The number of nitrogens with one attached hydrogen (secondary N) is 4. The normalized spacial score (nSPS) is 12.6. The summed E-state index contributed by atoms with van der Waals surface area (Å²) in [4.78, 5) is 109. The van der Waals surface area contributed by atoms with E-state index >= 15 is 0 Å². The standard InChI is InChI=1S/C31H43N5O13.C5H8O2/c1-5-48-26(43)14-12-23(38)36(16-25(41)42)35-30(46)27(19(4)37)34-28(44)21(11-13-24(39)40)32-29(45)22(15-18(2)3)33-31(47)49-17-20-9-7-6-8-10-20;1-3-5(6)7-4-2/h6-10,12,14,18-19,21-22,27,37H,5,11,13,15-17H2,1-4H3,(H,32,45)(H,33,47)(H,34,44)(H,35,46)(H,39,40)(H,41,42);3H,1,4H2,2H3/b14-12-;. The largest absolute Gasteiger partial charge is 0.481 e. The molecule has 0 aromatic heterocycles. The number of hydrogen-bond donors (Lipinski definition) is 7. The number of nitrogens with zero attached hydrogens (tertiary/aromatic N) is 1. The molecule has 7 N–H and O–H groups in total. The third kappa shape index (κ3) is 22.0. The van der Waals surface area contributed by atoms with Crippen LogP contribution in [0.1, 0.15) is 59.4 Å². The average molecular weight is 794 g/mol. The molecule has 1 aromatic carbocycles. The number of amides is 5. The van der Waals surface area contributed by atoms with E-state index in [9.17, 15) is 58.5 Å². The van der Waals surface area contributed by atoms with Gasteiger partial charge in [-0.15, -0.1) is 0 Å². The first-order valence-electron chi connectivity index (χ1n) is 17.3. The van der Waals surface area contributed by atoms with Crippen molar-refractivity contribution in [3.05, 3.63) is 60.7 Å². The average Bonchev–Trinajstić information content (AvgIpc) is 3.13. The molecule has 310 valence electrons. The Morgan fingerprint density at radius 2 is 1.36 bits per heavy atom. The number of benzene rings is 1. The zero-order valence-electron chi connectivity index (χ0n) is 31.9. The summed E-state index contributed by atoms with van der Waals surface area (Å²) in [5, 5.41) is 36.0. The summed E-state index contributed by atoms with van der Waals surface area (Å²) < 4.78 is 14.3. The molecule has 0 saturated carbocycles. The second kappa shape index (κ2) is 27.3. The van der Waals surface area contributed by atoms with Gasteiger partial charge < -0.3 is 45.5 Å². The van der Waals surface area contributed by atoms with Gasteiger partial charge in [0.2, 0.25) is 11.8 Å². The van der Waals surface area contributed by atoms with Crippen LogP contribution < -0.4 is 21.4 Å². The molecular weight excluding hydrogens is 742 g/mol. The highest BCUT2D eigenvalue weighted by Gasteiger charge is 2.33. The third-order valence-electron chi connectivity index (χ3n) is 6.78. The van der Waals surface area contributed by atoms with E-state index in [1.54, 1.807) is 51.1 Å². The topological polar surface area (TPSA) is 293 Å². The van der Waals surface area contributed by atoms with Crippen LogP contribution in [0.25, 0.3) is 0 Å². The van der Waals surface area contributed by atoms with Crippen molar-refractivity contribution in [2.24, 2.45) is 5.92 Å². The van der Waals surface area contributed by atoms with Gasteiger partial charge in [0.15, 0.2) is 0 Å². The lowest BCUT2D eigenvalue weighted by molar-refractivity contribution is -0.149. The van der Waals surface area contributed by atoms with Crippen molar-refractivity contribution in [2.45, 2.75) is 84.7 Å². The van der Waals surface area contributed by atoms with Crippen molar-refractivity contribution < 1.29 is 72.7 Å². The number of carboxylic acid groups (broad SMARTS) is 2. The lowest BCUT2D eigenvalue weighted by atomic mass is 10.0. The zero-order chi connectivity index (χ0) is 42.8. The number of rotatable bonds is 21. The second-order valence-corrected chi connectivity index (χ2v) is 11.9. The van der Waals surface area contributed by atoms with Crippen LogP contribution in [0.3, 0.4) is 0 Å². The minimum Gasteiger partial charge on any atom is -0.481 e. The van der Waals surface area contributed by atoms with E-state index in [4.69, 9.17) is 4.74 Å². The number of hydrazine groups is 1. The van der Waals surface area contributed by atoms with Crippen LogP contribution in [-0.4, -0.2) is 118 Å². The Kier molecular flexibility index (Phi) is 24.2. The van der Waals surface area contributed by atoms with Crippen LogP contribution in [-0.2, 0) is 59.2 Å². The van der Waals surface area contributed by atoms with Crippen LogP contribution in [0, 0.1) is 5.92 Å². The van der Waals surface area contributed by atoms with Crippen molar-refractivity contribution >= 4 is 53.6 Å². The highest BCUT2D eigenvalue weighted by Crippen LogP contribution is 2.09. The fraction of sp³-hybridized carbons (Fsp3) is 0.472. The van der Waals surface area contributed by atoms with Gasteiger partial charge in [0.25, 0.3) is 11.8 Å². The number of carbonyl (C=O) groups excluding carboxylic acids is 7. The molecule has 0 saturated heterocycles. The zero-order valence-corrected chi connectivity index (χ0v) is 31.9. The van der Waals surface area contributed by atoms with Crippen molar-refractivity contribution in [1.82, 2.24) is 26.4 Å². The second-order valence-electron chi connectivity index (χ2n) is 11.9. The van der Waals surface area contributed by atoms with Gasteiger partial charge in [0.05, 0.1) is 19.3 Å². The quantitative estimate of drug-likeness (QED) is 0.0382. The van der Waals surface area contributed by atoms with Crippen molar-refractivity contribution in [3.63, 3.8) is 0 Å². The Balaban J connectivity index is 0.00000392. The van der Waals surface area contributed by atoms with Crippen LogP contribution in [0.4, 0.5) is 4.79 Å². The molecule has 4 atom stereocenters. The minimum absolute atomic E-state index is 0.00713. The highest BCUT2D eigenvalue weighted by molar-refractivity contribution is 5.98. The Morgan fingerprint density at radius 1 is 0.768 bits per heavy atom. The number of carbonyl (C=O) groups is 9. The van der Waals surface area contributed by atoms with E-state index in [0.29, 0.717) is 29.3 Å². The Morgan fingerprint density at radius 3 is 1.86 bits per heavy atom. The maximum atomic E-state index is 13.3. The van der Waals surface area contributed by atoms with Gasteiger partial charge in [-0.2, -0.15) is 0 Å². The minimum atomic E-state index is -1.85. The van der Waals surface area contributed by atoms with Crippen molar-refractivity contribution in [3.8, 4) is 0 Å². The van der Waals surface area contributed by atoms with Gasteiger partial charge in [-0.3, -0.25) is 34.2 Å². The molecule has 0 aliphatic carbocycles. The molecule has 1 rings (SSSR count). The Hall–Kier alpha value is -6.31. The van der Waals surface area contributed by atoms with Gasteiger partial charge in [-0.05, 0) is 45.1 Å². The molecule has 0 heterocycles. The number of ether oxygens (including phenoxy) is 3. The molecule has 0 radical (unpaired) electrons. The molecule has 0 fully saturated rings. The predicted molar refractivity (Wildman–Crippen MR) is 196 cm³/mol. The van der Waals surface area contributed by atoms with Crippen molar-refractivity contribution in [2.75, 3.05) is 19.8 Å². The van der Waals surface area contributed by atoms with E-state index in [2.05, 4.69) is 32.0 Å². The summed E-state index contributed by atoms with van der Waals surface area (Å²) in [5.74, 6) is -8.74. The number of esters is 2. The number of hydrogen-bond acceptors (Lipinski definition) is 13. The first-order chi connectivity index (χ1) is 26.3. The molecule has 0 spiro atoms. The summed E-state index contributed by atoms with van der Waals surface area (Å²) in [6.07, 6.45) is -1.12. The summed E-state index contributed by atoms with van der Waals surface area (Å²) in [5.41, 5.74) is 2.64. The van der Waals surface area contributed by atoms with E-state index < -0.39 is 91.2 Å². The van der Waals surface area contributed by atoms with E-state index in [-0.39, 0.29) is 31.5 Å². The number of alkyl carbamates (subject to hydrolysis) is 1. The lowest BCUT2D eigenvalue weighted by Crippen LogP contribution is -2.61.